The molecule has 1 atom stereocenters. The van der Waals surface area contributed by atoms with Crippen LogP contribution in [0, 0.1) is 25.7 Å². The largest absolute Gasteiger partial charge is 0.480 e. The average molecular weight is 342 g/mol. The first-order chi connectivity index (χ1) is 11.3. The Morgan fingerprint density at radius 2 is 1.50 bits per heavy atom. The minimum Gasteiger partial charge on any atom is -0.480 e. The maximum Gasteiger partial charge on any atom is 0.323 e. The lowest BCUT2D eigenvalue weighted by atomic mass is 10.1. The molecule has 0 amide bonds. The molecule has 4 nitrogen and oxygen atoms in total. The Balaban J connectivity index is 2.25. The average Bonchev–Trinajstić information content (AvgIpc) is 2.53. The topological polar surface area (TPSA) is 71.4 Å². The van der Waals surface area contributed by atoms with Crippen molar-refractivity contribution >= 4 is 15.8 Å². The smallest absolute Gasteiger partial charge is 0.323 e. The minimum absolute atomic E-state index is 0.00219. The van der Waals surface area contributed by atoms with Gasteiger partial charge in [0.05, 0.1) is 4.90 Å². The minimum atomic E-state index is -3.98. The highest BCUT2D eigenvalue weighted by Gasteiger charge is 2.33. The molecule has 2 rings (SSSR count). The molecule has 0 saturated heterocycles. The van der Waals surface area contributed by atoms with Crippen LogP contribution in [0.4, 0.5) is 0 Å². The second-order valence-corrected chi connectivity index (χ2v) is 7.69. The molecule has 2 aromatic carbocycles. The standard InChI is InChI=1S/C19H18O4S/c1-14-6-10-16(11-7-14)4-3-5-18(19(20)21)24(22,23)17-12-8-15(2)9-13-17/h6-13,18H,5H2,1-2H3,(H,20,21). The molecule has 1 N–H and O–H groups in total. The van der Waals surface area contributed by atoms with E-state index in [1.807, 2.05) is 38.1 Å². The maximum absolute atomic E-state index is 12.5. The number of carbonyl (C=O) groups is 1. The van der Waals surface area contributed by atoms with Crippen molar-refractivity contribution in [3.8, 4) is 11.8 Å². The molecule has 0 aromatic heterocycles. The molecule has 5 heteroatoms. The number of aryl methyl sites for hydroxylation is 2. The predicted octanol–water partition coefficient (Wildman–Crippen LogP) is 2.97. The van der Waals surface area contributed by atoms with E-state index in [2.05, 4.69) is 11.8 Å². The molecule has 0 saturated carbocycles. The summed E-state index contributed by atoms with van der Waals surface area (Å²) in [6.07, 6.45) is -0.264. The van der Waals surface area contributed by atoms with Crippen LogP contribution in [0.15, 0.2) is 53.4 Å². The fourth-order valence-corrected chi connectivity index (χ4v) is 3.52. The van der Waals surface area contributed by atoms with Gasteiger partial charge in [0.1, 0.15) is 0 Å². The van der Waals surface area contributed by atoms with Gasteiger partial charge in [-0.05, 0) is 38.1 Å². The first kappa shape index (κ1) is 17.8. The Hall–Kier alpha value is -2.58. The summed E-state index contributed by atoms with van der Waals surface area (Å²) in [5, 5.41) is 7.73. The molecule has 0 aliphatic heterocycles. The van der Waals surface area contributed by atoms with Gasteiger partial charge in [0, 0.05) is 12.0 Å². The lowest BCUT2D eigenvalue weighted by Crippen LogP contribution is -2.29. The number of hydrogen-bond donors (Lipinski definition) is 1. The number of benzene rings is 2. The third-order valence-electron chi connectivity index (χ3n) is 3.57. The SMILES string of the molecule is Cc1ccc(C#CCC(C(=O)O)S(=O)(=O)c2ccc(C)cc2)cc1. The van der Waals surface area contributed by atoms with Gasteiger partial charge in [-0.15, -0.1) is 0 Å². The van der Waals surface area contributed by atoms with Crippen molar-refractivity contribution in [2.24, 2.45) is 0 Å². The maximum atomic E-state index is 12.5. The number of carboxylic acid groups (broad SMARTS) is 1. The molecule has 0 heterocycles. The summed E-state index contributed by atoms with van der Waals surface area (Å²) in [6, 6.07) is 13.5. The molecule has 124 valence electrons. The zero-order chi connectivity index (χ0) is 17.7. The van der Waals surface area contributed by atoms with Gasteiger partial charge in [0.25, 0.3) is 0 Å². The van der Waals surface area contributed by atoms with Crippen LogP contribution in [-0.4, -0.2) is 24.7 Å². The van der Waals surface area contributed by atoms with Gasteiger partial charge >= 0.3 is 5.97 Å². The van der Waals surface area contributed by atoms with E-state index in [1.165, 1.54) is 12.1 Å². The molecular formula is C19H18O4S. The molecule has 0 aliphatic rings. The van der Waals surface area contributed by atoms with Gasteiger partial charge in [0.15, 0.2) is 15.1 Å². The molecule has 0 aliphatic carbocycles. The van der Waals surface area contributed by atoms with Crippen LogP contribution in [0.1, 0.15) is 23.1 Å². The van der Waals surface area contributed by atoms with Gasteiger partial charge in [-0.3, -0.25) is 4.79 Å². The Labute approximate surface area is 142 Å². The predicted molar refractivity (Wildman–Crippen MR) is 92.5 cm³/mol. The Morgan fingerprint density at radius 1 is 1.00 bits per heavy atom. The summed E-state index contributed by atoms with van der Waals surface area (Å²) in [5.41, 5.74) is 2.71. The van der Waals surface area contributed by atoms with E-state index in [-0.39, 0.29) is 11.3 Å². The third kappa shape index (κ3) is 4.24. The summed E-state index contributed by atoms with van der Waals surface area (Å²) < 4.78 is 25.0. The highest BCUT2D eigenvalue weighted by atomic mass is 32.2. The fourth-order valence-electron chi connectivity index (χ4n) is 2.10. The molecule has 0 spiro atoms. The van der Waals surface area contributed by atoms with Gasteiger partial charge in [-0.2, -0.15) is 0 Å². The van der Waals surface area contributed by atoms with Crippen molar-refractivity contribution < 1.29 is 18.3 Å². The van der Waals surface area contributed by atoms with E-state index >= 15 is 0 Å². The molecular weight excluding hydrogens is 324 g/mol. The first-order valence-corrected chi connectivity index (χ1v) is 8.94. The van der Waals surface area contributed by atoms with Crippen LogP contribution in [0.5, 0.6) is 0 Å². The molecule has 0 fully saturated rings. The lowest BCUT2D eigenvalue weighted by molar-refractivity contribution is -0.136. The Bertz CT molecular complexity index is 883. The van der Waals surface area contributed by atoms with Crippen LogP contribution in [-0.2, 0) is 14.6 Å². The zero-order valence-corrected chi connectivity index (χ0v) is 14.3. The van der Waals surface area contributed by atoms with E-state index in [0.717, 1.165) is 16.7 Å². The zero-order valence-electron chi connectivity index (χ0n) is 13.5. The first-order valence-electron chi connectivity index (χ1n) is 7.39. The molecule has 1 unspecified atom stereocenters. The molecule has 2 aromatic rings. The van der Waals surface area contributed by atoms with E-state index < -0.39 is 21.1 Å². The van der Waals surface area contributed by atoms with Crippen LogP contribution < -0.4 is 0 Å². The van der Waals surface area contributed by atoms with Crippen LogP contribution in [0.2, 0.25) is 0 Å². The second kappa shape index (κ2) is 7.33. The quantitative estimate of drug-likeness (QED) is 0.867. The summed E-state index contributed by atoms with van der Waals surface area (Å²) in [6.45, 7) is 3.78. The van der Waals surface area contributed by atoms with Crippen LogP contribution in [0.25, 0.3) is 0 Å². The van der Waals surface area contributed by atoms with E-state index in [4.69, 9.17) is 0 Å². The van der Waals surface area contributed by atoms with E-state index in [1.54, 1.807) is 12.1 Å². The van der Waals surface area contributed by atoms with Crippen LogP contribution >= 0.6 is 0 Å². The number of carboxylic acids is 1. The van der Waals surface area contributed by atoms with Gasteiger partial charge in [-0.25, -0.2) is 8.42 Å². The van der Waals surface area contributed by atoms with Gasteiger partial charge < -0.3 is 5.11 Å². The highest BCUT2D eigenvalue weighted by Crippen LogP contribution is 2.19. The van der Waals surface area contributed by atoms with E-state index in [0.29, 0.717) is 0 Å². The van der Waals surface area contributed by atoms with Crippen molar-refractivity contribution in [2.45, 2.75) is 30.4 Å². The summed E-state index contributed by atoms with van der Waals surface area (Å²) in [5.74, 6) is 4.10. The van der Waals surface area contributed by atoms with Crippen molar-refractivity contribution in [1.82, 2.24) is 0 Å². The Kier molecular flexibility index (Phi) is 5.42. The number of aliphatic carboxylic acids is 1. The van der Waals surface area contributed by atoms with Gasteiger partial charge in [-0.1, -0.05) is 47.2 Å². The van der Waals surface area contributed by atoms with Gasteiger partial charge in [0.2, 0.25) is 0 Å². The number of rotatable bonds is 4. The van der Waals surface area contributed by atoms with Crippen molar-refractivity contribution in [3.05, 3.63) is 65.2 Å². The van der Waals surface area contributed by atoms with Crippen LogP contribution in [0.3, 0.4) is 0 Å². The molecule has 24 heavy (non-hydrogen) atoms. The number of hydrogen-bond acceptors (Lipinski definition) is 3. The molecule has 0 radical (unpaired) electrons. The van der Waals surface area contributed by atoms with Crippen molar-refractivity contribution in [3.63, 3.8) is 0 Å². The normalized spacial score (nSPS) is 12.1. The monoisotopic (exact) mass is 342 g/mol. The molecule has 0 bridgehead atoms. The third-order valence-corrected chi connectivity index (χ3v) is 5.62. The summed E-state index contributed by atoms with van der Waals surface area (Å²) >= 11 is 0. The fraction of sp³-hybridized carbons (Fsp3) is 0.211. The summed E-state index contributed by atoms with van der Waals surface area (Å²) in [4.78, 5) is 11.4. The number of sulfone groups is 1. The van der Waals surface area contributed by atoms with Crippen molar-refractivity contribution in [2.75, 3.05) is 0 Å². The summed E-state index contributed by atoms with van der Waals surface area (Å²) in [7, 11) is -3.98. The second-order valence-electron chi connectivity index (χ2n) is 5.56. The Morgan fingerprint density at radius 3 is 2.00 bits per heavy atom. The van der Waals surface area contributed by atoms with Crippen molar-refractivity contribution in [1.29, 1.82) is 0 Å². The highest BCUT2D eigenvalue weighted by molar-refractivity contribution is 7.92. The van der Waals surface area contributed by atoms with E-state index in [9.17, 15) is 18.3 Å². The lowest BCUT2D eigenvalue weighted by Gasteiger charge is -2.11.